The molecule has 2 aliphatic rings. The van der Waals surface area contributed by atoms with E-state index in [1.807, 2.05) is 29.2 Å². The number of para-hydroxylation sites is 1. The molecule has 0 unspecified atom stereocenters. The van der Waals surface area contributed by atoms with Crippen molar-refractivity contribution in [3.63, 3.8) is 0 Å². The first kappa shape index (κ1) is 18.0. The molecule has 4 rings (SSSR count). The lowest BCUT2D eigenvalue weighted by molar-refractivity contribution is -0.140. The van der Waals surface area contributed by atoms with Gasteiger partial charge in [-0.2, -0.15) is 0 Å². The smallest absolute Gasteiger partial charge is 0.228 e. The molecule has 6 nitrogen and oxygen atoms in total. The lowest BCUT2D eigenvalue weighted by Gasteiger charge is -2.34. The van der Waals surface area contributed by atoms with Crippen molar-refractivity contribution in [3.05, 3.63) is 30.0 Å². The van der Waals surface area contributed by atoms with Crippen LogP contribution >= 0.6 is 0 Å². The fourth-order valence-corrected chi connectivity index (χ4v) is 4.25. The SMILES string of the molecule is O=C(Cc1noc2ccccc12)N1CCC(C(=O)N2CCCCCC2)CC1. The molecule has 0 spiro atoms. The third kappa shape index (κ3) is 3.99. The second-order valence-corrected chi connectivity index (χ2v) is 7.70. The van der Waals surface area contributed by atoms with Gasteiger partial charge in [0.1, 0.15) is 5.69 Å². The van der Waals surface area contributed by atoms with Crippen LogP contribution in [0, 0.1) is 5.92 Å². The van der Waals surface area contributed by atoms with Crippen molar-refractivity contribution in [1.82, 2.24) is 15.0 Å². The maximum absolute atomic E-state index is 12.8. The summed E-state index contributed by atoms with van der Waals surface area (Å²) in [5.41, 5.74) is 1.40. The molecule has 0 N–H and O–H groups in total. The Kier molecular flexibility index (Phi) is 5.41. The van der Waals surface area contributed by atoms with E-state index in [-0.39, 0.29) is 18.2 Å². The Morgan fingerprint density at radius 1 is 0.963 bits per heavy atom. The minimum Gasteiger partial charge on any atom is -0.356 e. The second-order valence-electron chi connectivity index (χ2n) is 7.70. The van der Waals surface area contributed by atoms with Crippen LogP contribution in [0.2, 0.25) is 0 Å². The normalized spacial score (nSPS) is 19.3. The first-order valence-electron chi connectivity index (χ1n) is 10.1. The van der Waals surface area contributed by atoms with Gasteiger partial charge in [-0.15, -0.1) is 0 Å². The van der Waals surface area contributed by atoms with Crippen LogP contribution < -0.4 is 0 Å². The minimum absolute atomic E-state index is 0.0646. The number of likely N-dealkylation sites (tertiary alicyclic amines) is 2. The highest BCUT2D eigenvalue weighted by Crippen LogP contribution is 2.23. The second kappa shape index (κ2) is 8.11. The van der Waals surface area contributed by atoms with E-state index < -0.39 is 0 Å². The summed E-state index contributed by atoms with van der Waals surface area (Å²) in [7, 11) is 0. The number of piperidine rings is 1. The predicted octanol–water partition coefficient (Wildman–Crippen LogP) is 3.01. The number of carbonyl (C=O) groups excluding carboxylic acids is 2. The zero-order chi connectivity index (χ0) is 18.6. The summed E-state index contributed by atoms with van der Waals surface area (Å²) in [6.07, 6.45) is 6.48. The summed E-state index contributed by atoms with van der Waals surface area (Å²) in [6.45, 7) is 3.10. The van der Waals surface area contributed by atoms with Crippen molar-refractivity contribution in [3.8, 4) is 0 Å². The number of hydrogen-bond acceptors (Lipinski definition) is 4. The number of carbonyl (C=O) groups is 2. The van der Waals surface area contributed by atoms with Gasteiger partial charge in [0.15, 0.2) is 5.58 Å². The van der Waals surface area contributed by atoms with Crippen molar-refractivity contribution in [1.29, 1.82) is 0 Å². The van der Waals surface area contributed by atoms with Crippen molar-refractivity contribution in [2.24, 2.45) is 5.92 Å². The summed E-state index contributed by atoms with van der Waals surface area (Å²) >= 11 is 0. The Bertz CT molecular complexity index is 800. The minimum atomic E-state index is 0.0646. The van der Waals surface area contributed by atoms with Crippen LogP contribution in [0.1, 0.15) is 44.2 Å². The van der Waals surface area contributed by atoms with E-state index in [0.717, 1.165) is 44.2 Å². The van der Waals surface area contributed by atoms with Gasteiger partial charge in [0, 0.05) is 37.5 Å². The van der Waals surface area contributed by atoms with Crippen molar-refractivity contribution >= 4 is 22.8 Å². The zero-order valence-electron chi connectivity index (χ0n) is 15.7. The van der Waals surface area contributed by atoms with Gasteiger partial charge in [-0.1, -0.05) is 30.1 Å². The fourth-order valence-electron chi connectivity index (χ4n) is 4.25. The van der Waals surface area contributed by atoms with Crippen molar-refractivity contribution in [2.75, 3.05) is 26.2 Å². The Morgan fingerprint density at radius 2 is 1.67 bits per heavy atom. The lowest BCUT2D eigenvalue weighted by Crippen LogP contribution is -2.45. The van der Waals surface area contributed by atoms with Gasteiger partial charge in [-0.05, 0) is 37.8 Å². The van der Waals surface area contributed by atoms with Crippen molar-refractivity contribution < 1.29 is 14.1 Å². The largest absolute Gasteiger partial charge is 0.356 e. The van der Waals surface area contributed by atoms with E-state index in [4.69, 9.17) is 4.52 Å². The fraction of sp³-hybridized carbons (Fsp3) is 0.571. The molecule has 0 aliphatic carbocycles. The van der Waals surface area contributed by atoms with E-state index in [1.54, 1.807) is 0 Å². The van der Waals surface area contributed by atoms with Crippen LogP contribution in [-0.4, -0.2) is 52.9 Å². The third-order valence-corrected chi connectivity index (χ3v) is 5.89. The molecular weight excluding hydrogens is 342 g/mol. The number of amides is 2. The maximum Gasteiger partial charge on any atom is 0.228 e. The Labute approximate surface area is 159 Å². The average molecular weight is 369 g/mol. The highest BCUT2D eigenvalue weighted by Gasteiger charge is 2.30. The number of nitrogens with zero attached hydrogens (tertiary/aromatic N) is 3. The molecule has 0 bridgehead atoms. The van der Waals surface area contributed by atoms with E-state index in [1.165, 1.54) is 12.8 Å². The third-order valence-electron chi connectivity index (χ3n) is 5.89. The molecule has 2 amide bonds. The molecule has 6 heteroatoms. The molecule has 1 aromatic heterocycles. The number of benzene rings is 1. The molecular formula is C21H27N3O3. The van der Waals surface area contributed by atoms with Gasteiger partial charge in [0.2, 0.25) is 11.8 Å². The van der Waals surface area contributed by atoms with Crippen LogP contribution in [0.3, 0.4) is 0 Å². The molecule has 2 fully saturated rings. The maximum atomic E-state index is 12.8. The quantitative estimate of drug-likeness (QED) is 0.834. The van der Waals surface area contributed by atoms with Gasteiger partial charge in [0.25, 0.3) is 0 Å². The standard InChI is InChI=1S/C21H27N3O3/c25-20(15-18-17-7-3-4-8-19(17)27-22-18)23-13-9-16(10-14-23)21(26)24-11-5-1-2-6-12-24/h3-4,7-8,16H,1-2,5-6,9-15H2. The number of rotatable bonds is 3. The number of fused-ring (bicyclic) bond motifs is 1. The molecule has 2 aromatic rings. The summed E-state index contributed by atoms with van der Waals surface area (Å²) in [5.74, 6) is 0.432. The van der Waals surface area contributed by atoms with E-state index in [9.17, 15) is 9.59 Å². The molecule has 0 saturated carbocycles. The van der Waals surface area contributed by atoms with Gasteiger partial charge in [0.05, 0.1) is 6.42 Å². The van der Waals surface area contributed by atoms with Crippen LogP contribution in [0.25, 0.3) is 11.0 Å². The molecule has 144 valence electrons. The Morgan fingerprint density at radius 3 is 2.41 bits per heavy atom. The Hall–Kier alpha value is -2.37. The molecule has 2 aliphatic heterocycles. The summed E-state index contributed by atoms with van der Waals surface area (Å²) < 4.78 is 5.29. The monoisotopic (exact) mass is 369 g/mol. The summed E-state index contributed by atoms with van der Waals surface area (Å²) in [5, 5.41) is 4.96. The van der Waals surface area contributed by atoms with Crippen molar-refractivity contribution in [2.45, 2.75) is 44.9 Å². The zero-order valence-corrected chi connectivity index (χ0v) is 15.7. The lowest BCUT2D eigenvalue weighted by atomic mass is 9.94. The number of aromatic nitrogens is 1. The summed E-state index contributed by atoms with van der Waals surface area (Å²) in [6, 6.07) is 7.61. The molecule has 0 atom stereocenters. The van der Waals surface area contributed by atoms with Gasteiger partial charge in [-0.3, -0.25) is 9.59 Å². The van der Waals surface area contributed by atoms with Crippen LogP contribution in [0.4, 0.5) is 0 Å². The highest BCUT2D eigenvalue weighted by atomic mass is 16.5. The average Bonchev–Trinajstić information content (AvgIpc) is 2.92. The van der Waals surface area contributed by atoms with Gasteiger partial charge >= 0.3 is 0 Å². The first-order valence-corrected chi connectivity index (χ1v) is 10.1. The van der Waals surface area contributed by atoms with E-state index in [0.29, 0.717) is 30.3 Å². The molecule has 0 radical (unpaired) electrons. The van der Waals surface area contributed by atoms with Crippen LogP contribution in [-0.2, 0) is 16.0 Å². The molecule has 27 heavy (non-hydrogen) atoms. The van der Waals surface area contributed by atoms with E-state index >= 15 is 0 Å². The van der Waals surface area contributed by atoms with Gasteiger partial charge in [-0.25, -0.2) is 0 Å². The highest BCUT2D eigenvalue weighted by molar-refractivity contribution is 5.86. The molecule has 1 aromatic carbocycles. The Balaban J connectivity index is 1.32. The van der Waals surface area contributed by atoms with Gasteiger partial charge < -0.3 is 14.3 Å². The predicted molar refractivity (Wildman–Crippen MR) is 102 cm³/mol. The first-order chi connectivity index (χ1) is 13.2. The molecule has 3 heterocycles. The van der Waals surface area contributed by atoms with E-state index in [2.05, 4.69) is 10.1 Å². The van der Waals surface area contributed by atoms with Crippen LogP contribution in [0.15, 0.2) is 28.8 Å². The summed E-state index contributed by atoms with van der Waals surface area (Å²) in [4.78, 5) is 29.4. The number of hydrogen-bond donors (Lipinski definition) is 0. The van der Waals surface area contributed by atoms with Crippen LogP contribution in [0.5, 0.6) is 0 Å². The molecule has 2 saturated heterocycles. The topological polar surface area (TPSA) is 66.7 Å².